The van der Waals surface area contributed by atoms with Gasteiger partial charge in [0.25, 0.3) is 0 Å². The summed E-state index contributed by atoms with van der Waals surface area (Å²) in [6.45, 7) is 5.51. The second kappa shape index (κ2) is 5.26. The first-order valence-corrected chi connectivity index (χ1v) is 6.88. The lowest BCUT2D eigenvalue weighted by Crippen LogP contribution is -2.52. The molecule has 0 radical (unpaired) electrons. The largest absolute Gasteiger partial charge is 0.451 e. The Morgan fingerprint density at radius 3 is 2.60 bits per heavy atom. The van der Waals surface area contributed by atoms with E-state index in [4.69, 9.17) is 4.42 Å². The fraction of sp³-hybridized carbons (Fsp3) is 0.400. The van der Waals surface area contributed by atoms with E-state index in [9.17, 15) is 4.79 Å². The molecule has 1 N–H and O–H groups in total. The highest BCUT2D eigenvalue weighted by Crippen LogP contribution is 2.24. The van der Waals surface area contributed by atoms with Gasteiger partial charge in [-0.25, -0.2) is 5.01 Å². The average Bonchev–Trinajstić information content (AvgIpc) is 2.79. The van der Waals surface area contributed by atoms with Crippen molar-refractivity contribution >= 4 is 16.9 Å². The van der Waals surface area contributed by atoms with Gasteiger partial charge >= 0.3 is 5.91 Å². The van der Waals surface area contributed by atoms with Crippen LogP contribution in [0, 0.1) is 6.92 Å². The summed E-state index contributed by atoms with van der Waals surface area (Å²) in [5.74, 6) is 0.244. The van der Waals surface area contributed by atoms with Crippen molar-refractivity contribution in [2.75, 3.05) is 33.2 Å². The van der Waals surface area contributed by atoms with E-state index in [1.807, 2.05) is 36.2 Å². The maximum absolute atomic E-state index is 12.3. The van der Waals surface area contributed by atoms with Crippen molar-refractivity contribution in [2.45, 2.75) is 6.92 Å². The number of nitrogens with zero attached hydrogens (tertiary/aromatic N) is 2. The molecule has 3 rings (SSSR count). The number of carbonyl (C=O) groups is 1. The molecular formula is C15H19N3O2. The number of hydrazine groups is 1. The molecule has 1 aliphatic heterocycles. The van der Waals surface area contributed by atoms with E-state index in [2.05, 4.69) is 17.4 Å². The Labute approximate surface area is 118 Å². The summed E-state index contributed by atoms with van der Waals surface area (Å²) in [5, 5.41) is 2.95. The third-order valence-corrected chi connectivity index (χ3v) is 3.81. The van der Waals surface area contributed by atoms with Gasteiger partial charge in [-0.05, 0) is 20.0 Å². The molecule has 1 aliphatic rings. The van der Waals surface area contributed by atoms with Crippen LogP contribution in [0.15, 0.2) is 28.7 Å². The first-order valence-electron chi connectivity index (χ1n) is 6.88. The Morgan fingerprint density at radius 1 is 1.20 bits per heavy atom. The molecule has 106 valence electrons. The molecule has 0 aliphatic carbocycles. The molecule has 2 heterocycles. The predicted molar refractivity (Wildman–Crippen MR) is 77.5 cm³/mol. The molecule has 0 saturated carbocycles. The van der Waals surface area contributed by atoms with Gasteiger partial charge in [0.1, 0.15) is 5.58 Å². The molecule has 0 bridgehead atoms. The van der Waals surface area contributed by atoms with Crippen LogP contribution in [0.5, 0.6) is 0 Å². The lowest BCUT2D eigenvalue weighted by molar-refractivity contribution is 0.0638. The van der Waals surface area contributed by atoms with E-state index in [0.29, 0.717) is 5.76 Å². The lowest BCUT2D eigenvalue weighted by Gasteiger charge is -2.32. The minimum absolute atomic E-state index is 0.164. The molecule has 1 fully saturated rings. The van der Waals surface area contributed by atoms with Crippen molar-refractivity contribution < 1.29 is 9.21 Å². The Kier molecular flexibility index (Phi) is 3.46. The summed E-state index contributed by atoms with van der Waals surface area (Å²) in [5.41, 5.74) is 4.58. The zero-order chi connectivity index (χ0) is 14.1. The van der Waals surface area contributed by atoms with Gasteiger partial charge in [-0.1, -0.05) is 18.2 Å². The minimum atomic E-state index is -0.164. The van der Waals surface area contributed by atoms with Crippen LogP contribution in [-0.4, -0.2) is 49.0 Å². The van der Waals surface area contributed by atoms with Crippen LogP contribution in [0.4, 0.5) is 0 Å². The number of aryl methyl sites for hydroxylation is 1. The first kappa shape index (κ1) is 13.1. The van der Waals surface area contributed by atoms with Gasteiger partial charge < -0.3 is 9.32 Å². The number of hydrogen-bond donors (Lipinski definition) is 1. The molecule has 5 nitrogen and oxygen atoms in total. The second-order valence-electron chi connectivity index (χ2n) is 5.28. The number of para-hydroxylation sites is 1. The van der Waals surface area contributed by atoms with Crippen molar-refractivity contribution in [1.29, 1.82) is 0 Å². The predicted octanol–water partition coefficient (Wildman–Crippen LogP) is 1.63. The number of hydrogen-bond acceptors (Lipinski definition) is 4. The Balaban J connectivity index is 1.77. The number of rotatable bonds is 2. The van der Waals surface area contributed by atoms with Crippen LogP contribution in [0.25, 0.3) is 11.0 Å². The first-order chi connectivity index (χ1) is 9.65. The number of benzene rings is 1. The van der Waals surface area contributed by atoms with Crippen LogP contribution in [0.3, 0.4) is 0 Å². The molecule has 1 aromatic carbocycles. The Morgan fingerprint density at radius 2 is 1.90 bits per heavy atom. The monoisotopic (exact) mass is 273 g/mol. The molecule has 20 heavy (non-hydrogen) atoms. The maximum atomic E-state index is 12.3. The quantitative estimate of drug-likeness (QED) is 0.903. The summed E-state index contributed by atoms with van der Waals surface area (Å²) in [6, 6.07) is 7.72. The molecule has 0 spiro atoms. The van der Waals surface area contributed by atoms with Crippen molar-refractivity contribution in [1.82, 2.24) is 15.3 Å². The van der Waals surface area contributed by atoms with E-state index in [-0.39, 0.29) is 5.91 Å². The molecule has 1 amide bonds. The Hall–Kier alpha value is -1.85. The molecule has 0 atom stereocenters. The van der Waals surface area contributed by atoms with Gasteiger partial charge in [-0.2, -0.15) is 0 Å². The zero-order valence-electron chi connectivity index (χ0n) is 11.8. The number of furan rings is 1. The molecule has 1 aromatic heterocycles. The van der Waals surface area contributed by atoms with Crippen molar-refractivity contribution in [3.05, 3.63) is 35.6 Å². The highest BCUT2D eigenvalue weighted by Gasteiger charge is 2.21. The number of fused-ring (bicyclic) bond motifs is 1. The standard InChI is InChI=1S/C15H19N3O2/c1-11-12-5-3-4-6-13(12)20-14(11)15(19)16-18-9-7-17(2)8-10-18/h3-6H,7-10H2,1-2H3,(H,16,19). The fourth-order valence-corrected chi connectivity index (χ4v) is 2.50. The van der Waals surface area contributed by atoms with E-state index in [1.165, 1.54) is 0 Å². The normalized spacial score (nSPS) is 17.5. The topological polar surface area (TPSA) is 48.7 Å². The third-order valence-electron chi connectivity index (χ3n) is 3.81. The van der Waals surface area contributed by atoms with Gasteiger partial charge in [0.2, 0.25) is 0 Å². The molecule has 1 saturated heterocycles. The molecule has 0 unspecified atom stereocenters. The van der Waals surface area contributed by atoms with Crippen LogP contribution in [0.2, 0.25) is 0 Å². The van der Waals surface area contributed by atoms with Crippen LogP contribution in [-0.2, 0) is 0 Å². The maximum Gasteiger partial charge on any atom is 0.301 e. The summed E-state index contributed by atoms with van der Waals surface area (Å²) < 4.78 is 5.67. The summed E-state index contributed by atoms with van der Waals surface area (Å²) in [6.07, 6.45) is 0. The zero-order valence-corrected chi connectivity index (χ0v) is 11.8. The van der Waals surface area contributed by atoms with Crippen molar-refractivity contribution in [3.8, 4) is 0 Å². The van der Waals surface area contributed by atoms with Gasteiger partial charge in [-0.15, -0.1) is 0 Å². The van der Waals surface area contributed by atoms with E-state index in [1.54, 1.807) is 0 Å². The molecule has 2 aromatic rings. The van der Waals surface area contributed by atoms with E-state index < -0.39 is 0 Å². The van der Waals surface area contributed by atoms with Crippen LogP contribution >= 0.6 is 0 Å². The Bertz CT molecular complexity index is 627. The van der Waals surface area contributed by atoms with Gasteiger partial charge in [0, 0.05) is 37.1 Å². The number of carbonyl (C=O) groups excluding carboxylic acids is 1. The number of nitrogens with one attached hydrogen (secondary N) is 1. The van der Waals surface area contributed by atoms with Gasteiger partial charge in [0.15, 0.2) is 5.76 Å². The van der Waals surface area contributed by atoms with Crippen molar-refractivity contribution in [2.24, 2.45) is 0 Å². The minimum Gasteiger partial charge on any atom is -0.451 e. The third kappa shape index (κ3) is 2.42. The SMILES string of the molecule is Cc1c(C(=O)NN2CCN(C)CC2)oc2ccccc12. The summed E-state index contributed by atoms with van der Waals surface area (Å²) >= 11 is 0. The number of likely N-dealkylation sites (N-methyl/N-ethyl adjacent to an activating group) is 1. The van der Waals surface area contributed by atoms with Crippen LogP contribution in [0.1, 0.15) is 16.1 Å². The highest BCUT2D eigenvalue weighted by atomic mass is 16.3. The van der Waals surface area contributed by atoms with Gasteiger partial charge in [0.05, 0.1) is 0 Å². The van der Waals surface area contributed by atoms with E-state index >= 15 is 0 Å². The van der Waals surface area contributed by atoms with Crippen LogP contribution < -0.4 is 5.43 Å². The average molecular weight is 273 g/mol. The summed E-state index contributed by atoms with van der Waals surface area (Å²) in [7, 11) is 2.09. The van der Waals surface area contributed by atoms with E-state index in [0.717, 1.165) is 42.7 Å². The molecule has 5 heteroatoms. The lowest BCUT2D eigenvalue weighted by atomic mass is 10.1. The van der Waals surface area contributed by atoms with Crippen molar-refractivity contribution in [3.63, 3.8) is 0 Å². The highest BCUT2D eigenvalue weighted by molar-refractivity contribution is 5.98. The number of amides is 1. The number of piperazine rings is 1. The second-order valence-corrected chi connectivity index (χ2v) is 5.28. The smallest absolute Gasteiger partial charge is 0.301 e. The summed E-state index contributed by atoms with van der Waals surface area (Å²) in [4.78, 5) is 14.6. The fourth-order valence-electron chi connectivity index (χ4n) is 2.50. The molecular weight excluding hydrogens is 254 g/mol. The van der Waals surface area contributed by atoms with Gasteiger partial charge in [-0.3, -0.25) is 10.2 Å².